The number of hydrogen-bond acceptors (Lipinski definition) is 5. The molecule has 1 saturated heterocycles. The molecule has 3 heterocycles. The van der Waals surface area contributed by atoms with Crippen LogP contribution < -0.4 is 9.46 Å². The predicted molar refractivity (Wildman–Crippen MR) is 105 cm³/mol. The summed E-state index contributed by atoms with van der Waals surface area (Å²) >= 11 is 0. The maximum absolute atomic E-state index is 15.3. The number of alkyl halides is 1. The zero-order chi connectivity index (χ0) is 20.6. The standard InChI is InChI=1S/C20H27FN2O5S/c1-29(25,26)22-16-8-11-23-17(16)12-28-20(21)9-6-14(7-10-20)15-4-2-3-5-18(15)27-13-19(23)24/h2-5,14,16-17,22H,6-13H2,1H3/t14?,16-,17-,20?/m0/s1. The minimum absolute atomic E-state index is 0.0486. The van der Waals surface area contributed by atoms with Crippen LogP contribution in [0, 0.1) is 0 Å². The number of ether oxygens (including phenoxy) is 2. The molecule has 160 valence electrons. The van der Waals surface area contributed by atoms with Gasteiger partial charge in [0.25, 0.3) is 5.91 Å². The van der Waals surface area contributed by atoms with Crippen LogP contribution >= 0.6 is 0 Å². The van der Waals surface area contributed by atoms with Crippen molar-refractivity contribution in [1.82, 2.24) is 9.62 Å². The molecule has 2 bridgehead atoms. The fraction of sp³-hybridized carbons (Fsp3) is 0.650. The zero-order valence-electron chi connectivity index (χ0n) is 16.5. The second kappa shape index (κ2) is 7.85. The third kappa shape index (κ3) is 4.57. The van der Waals surface area contributed by atoms with Crippen LogP contribution in [0.5, 0.6) is 5.75 Å². The molecule has 0 radical (unpaired) electrons. The van der Waals surface area contributed by atoms with Crippen LogP contribution in [0.15, 0.2) is 24.3 Å². The number of fused-ring (bicyclic) bond motifs is 5. The number of sulfonamides is 1. The summed E-state index contributed by atoms with van der Waals surface area (Å²) in [5.41, 5.74) is 0.996. The Kier molecular flexibility index (Phi) is 5.56. The van der Waals surface area contributed by atoms with Gasteiger partial charge in [0.2, 0.25) is 15.9 Å². The summed E-state index contributed by atoms with van der Waals surface area (Å²) in [6.45, 7) is 0.173. The molecule has 3 aliphatic heterocycles. The molecular weight excluding hydrogens is 399 g/mol. The van der Waals surface area contributed by atoms with Crippen molar-refractivity contribution in [3.63, 3.8) is 0 Å². The molecule has 0 spiro atoms. The van der Waals surface area contributed by atoms with Crippen LogP contribution in [0.2, 0.25) is 0 Å². The summed E-state index contributed by atoms with van der Waals surface area (Å²) in [6.07, 6.45) is 3.31. The maximum atomic E-state index is 15.3. The molecule has 2 fully saturated rings. The van der Waals surface area contributed by atoms with Crippen LogP contribution in [-0.4, -0.2) is 63.2 Å². The van der Waals surface area contributed by atoms with E-state index in [1.165, 1.54) is 0 Å². The molecule has 0 aromatic heterocycles. The summed E-state index contributed by atoms with van der Waals surface area (Å²) in [5.74, 6) is -1.20. The van der Waals surface area contributed by atoms with Crippen LogP contribution in [0.3, 0.4) is 0 Å². The van der Waals surface area contributed by atoms with Gasteiger partial charge in [-0.1, -0.05) is 18.2 Å². The molecular formula is C20H27FN2O5S. The van der Waals surface area contributed by atoms with Gasteiger partial charge >= 0.3 is 0 Å². The number of nitrogens with zero attached hydrogens (tertiary/aromatic N) is 1. The first kappa shape index (κ1) is 20.6. The van der Waals surface area contributed by atoms with E-state index in [4.69, 9.17) is 9.47 Å². The van der Waals surface area contributed by atoms with Crippen molar-refractivity contribution >= 4 is 15.9 Å². The third-order valence-corrected chi connectivity index (χ3v) is 6.92. The molecule has 0 unspecified atom stereocenters. The molecule has 1 aromatic rings. The SMILES string of the molecule is CS(=O)(=O)N[C@H]1CCN2C(=O)COc3ccccc3C3CCC(F)(CC3)OC[C@@H]12. The van der Waals surface area contributed by atoms with Crippen LogP contribution in [-0.2, 0) is 19.6 Å². The molecule has 5 rings (SSSR count). The number of rotatable bonds is 2. The van der Waals surface area contributed by atoms with Gasteiger partial charge in [-0.05, 0) is 36.8 Å². The summed E-state index contributed by atoms with van der Waals surface area (Å²) < 4.78 is 52.9. The molecule has 9 heteroatoms. The highest BCUT2D eigenvalue weighted by atomic mass is 32.2. The van der Waals surface area contributed by atoms with E-state index in [0.29, 0.717) is 31.6 Å². The quantitative estimate of drug-likeness (QED) is 0.781. The second-order valence-electron chi connectivity index (χ2n) is 8.23. The van der Waals surface area contributed by atoms with Crippen LogP contribution in [0.4, 0.5) is 4.39 Å². The first-order valence-electron chi connectivity index (χ1n) is 10.1. The monoisotopic (exact) mass is 426 g/mol. The number of halogens is 1. The van der Waals surface area contributed by atoms with Gasteiger partial charge in [-0.3, -0.25) is 4.79 Å². The lowest BCUT2D eigenvalue weighted by Crippen LogP contribution is -2.51. The third-order valence-electron chi connectivity index (χ3n) is 6.19. The summed E-state index contributed by atoms with van der Waals surface area (Å²) in [5, 5.41) is 0. The molecule has 7 nitrogen and oxygen atoms in total. The summed E-state index contributed by atoms with van der Waals surface area (Å²) in [7, 11) is -3.47. The van der Waals surface area contributed by atoms with E-state index in [2.05, 4.69) is 4.72 Å². The number of amides is 1. The number of para-hydroxylation sites is 1. The van der Waals surface area contributed by atoms with E-state index in [9.17, 15) is 13.2 Å². The van der Waals surface area contributed by atoms with E-state index in [1.54, 1.807) is 4.90 Å². The van der Waals surface area contributed by atoms with Crippen molar-refractivity contribution in [3.05, 3.63) is 29.8 Å². The average molecular weight is 427 g/mol. The smallest absolute Gasteiger partial charge is 0.260 e. The number of carbonyl (C=O) groups is 1. The fourth-order valence-electron chi connectivity index (χ4n) is 4.69. The highest BCUT2D eigenvalue weighted by Gasteiger charge is 2.43. The van der Waals surface area contributed by atoms with Gasteiger partial charge in [0.05, 0.1) is 18.9 Å². The minimum Gasteiger partial charge on any atom is -0.483 e. The Bertz CT molecular complexity index is 869. The van der Waals surface area contributed by atoms with Gasteiger partial charge in [-0.2, -0.15) is 0 Å². The van der Waals surface area contributed by atoms with Gasteiger partial charge in [-0.15, -0.1) is 0 Å². The normalized spacial score (nSPS) is 33.1. The number of carbonyl (C=O) groups excluding carboxylic acids is 1. The fourth-order valence-corrected chi connectivity index (χ4v) is 5.52. The molecule has 1 N–H and O–H groups in total. The van der Waals surface area contributed by atoms with Crippen molar-refractivity contribution in [2.24, 2.45) is 0 Å². The molecule has 1 aliphatic carbocycles. The van der Waals surface area contributed by atoms with Crippen molar-refractivity contribution in [2.75, 3.05) is 26.0 Å². The maximum Gasteiger partial charge on any atom is 0.260 e. The minimum atomic E-state index is -3.47. The lowest BCUT2D eigenvalue weighted by Gasteiger charge is -2.36. The van der Waals surface area contributed by atoms with Gasteiger partial charge in [0.1, 0.15) is 5.75 Å². The van der Waals surface area contributed by atoms with Crippen molar-refractivity contribution in [3.8, 4) is 5.75 Å². The van der Waals surface area contributed by atoms with Crippen molar-refractivity contribution in [1.29, 1.82) is 0 Å². The lowest BCUT2D eigenvalue weighted by atomic mass is 9.81. The average Bonchev–Trinajstić information content (AvgIpc) is 3.06. The van der Waals surface area contributed by atoms with E-state index >= 15 is 4.39 Å². The Morgan fingerprint density at radius 2 is 1.93 bits per heavy atom. The lowest BCUT2D eigenvalue weighted by molar-refractivity contribution is -0.178. The first-order valence-corrected chi connectivity index (χ1v) is 11.9. The summed E-state index contributed by atoms with van der Waals surface area (Å²) in [6, 6.07) is 6.52. The Balaban J connectivity index is 1.63. The Morgan fingerprint density at radius 3 is 2.66 bits per heavy atom. The van der Waals surface area contributed by atoms with E-state index < -0.39 is 28.0 Å². The van der Waals surface area contributed by atoms with Crippen molar-refractivity contribution < 1.29 is 27.1 Å². The largest absolute Gasteiger partial charge is 0.483 e. The highest BCUT2D eigenvalue weighted by Crippen LogP contribution is 2.43. The van der Waals surface area contributed by atoms with Gasteiger partial charge < -0.3 is 14.4 Å². The topological polar surface area (TPSA) is 84.9 Å². The molecule has 2 atom stereocenters. The number of hydrogen-bond donors (Lipinski definition) is 1. The molecule has 1 aromatic carbocycles. The summed E-state index contributed by atoms with van der Waals surface area (Å²) in [4.78, 5) is 14.4. The highest BCUT2D eigenvalue weighted by molar-refractivity contribution is 7.88. The zero-order valence-corrected chi connectivity index (χ0v) is 17.3. The number of nitrogens with one attached hydrogen (secondary N) is 1. The van der Waals surface area contributed by atoms with E-state index in [-0.39, 0.29) is 37.9 Å². The van der Waals surface area contributed by atoms with Crippen LogP contribution in [0.25, 0.3) is 0 Å². The van der Waals surface area contributed by atoms with Crippen LogP contribution in [0.1, 0.15) is 43.6 Å². The Morgan fingerprint density at radius 1 is 1.21 bits per heavy atom. The second-order valence-corrected chi connectivity index (χ2v) is 10.0. The Labute approximate surface area is 170 Å². The molecule has 1 amide bonds. The molecule has 1 saturated carbocycles. The number of benzene rings is 1. The van der Waals surface area contributed by atoms with Gasteiger partial charge in [-0.25, -0.2) is 17.5 Å². The predicted octanol–water partition coefficient (Wildman–Crippen LogP) is 1.94. The van der Waals surface area contributed by atoms with E-state index in [1.807, 2.05) is 24.3 Å². The first-order chi connectivity index (χ1) is 13.7. The van der Waals surface area contributed by atoms with E-state index in [0.717, 1.165) is 11.8 Å². The Hall–Kier alpha value is -1.71. The van der Waals surface area contributed by atoms with Gasteiger partial charge in [0.15, 0.2) is 6.61 Å². The molecule has 4 aliphatic rings. The van der Waals surface area contributed by atoms with Crippen molar-refractivity contribution in [2.45, 2.75) is 56.0 Å². The van der Waals surface area contributed by atoms with Gasteiger partial charge in [0, 0.05) is 25.4 Å². The molecule has 29 heavy (non-hydrogen) atoms.